The van der Waals surface area contributed by atoms with Gasteiger partial charge in [0.25, 0.3) is 0 Å². The van der Waals surface area contributed by atoms with E-state index in [0.29, 0.717) is 5.92 Å². The van der Waals surface area contributed by atoms with E-state index in [1.165, 1.54) is 12.8 Å². The normalized spacial score (nSPS) is 14.1. The zero-order chi connectivity index (χ0) is 13.9. The highest BCUT2D eigenvalue weighted by Gasteiger charge is 2.26. The van der Waals surface area contributed by atoms with Crippen molar-refractivity contribution in [1.82, 2.24) is 9.97 Å². The van der Waals surface area contributed by atoms with Crippen LogP contribution in [0.5, 0.6) is 11.5 Å². The molecule has 0 radical (unpaired) electrons. The summed E-state index contributed by atoms with van der Waals surface area (Å²) in [6, 6.07) is 7.81. The predicted molar refractivity (Wildman–Crippen MR) is 77.7 cm³/mol. The molecule has 2 aromatic rings. The molecule has 1 aromatic heterocycles. The molecule has 0 N–H and O–H groups in total. The summed E-state index contributed by atoms with van der Waals surface area (Å²) in [5, 5.41) is 0.967. The summed E-state index contributed by atoms with van der Waals surface area (Å²) in [7, 11) is 3.28. The largest absolute Gasteiger partial charge is 0.493 e. The van der Waals surface area contributed by atoms with Crippen molar-refractivity contribution < 1.29 is 9.47 Å². The molecular weight excluding hydrogens is 272 g/mol. The Bertz CT molecular complexity index is 615. The second kappa shape index (κ2) is 5.71. The topological polar surface area (TPSA) is 44.2 Å². The van der Waals surface area contributed by atoms with Gasteiger partial charge in [0.05, 0.1) is 14.2 Å². The number of hydrogen-bond acceptors (Lipinski definition) is 5. The van der Waals surface area contributed by atoms with E-state index in [1.807, 2.05) is 30.5 Å². The Morgan fingerprint density at radius 1 is 1.10 bits per heavy atom. The number of nitrogens with zero attached hydrogens (tertiary/aromatic N) is 2. The summed E-state index contributed by atoms with van der Waals surface area (Å²) >= 11 is 1.61. The number of methoxy groups -OCH3 is 2. The molecule has 1 fully saturated rings. The molecule has 1 aromatic carbocycles. The van der Waals surface area contributed by atoms with Crippen LogP contribution in [0, 0.1) is 0 Å². The Morgan fingerprint density at radius 2 is 1.90 bits per heavy atom. The maximum Gasteiger partial charge on any atom is 0.161 e. The van der Waals surface area contributed by atoms with Crippen LogP contribution in [0.25, 0.3) is 0 Å². The van der Waals surface area contributed by atoms with E-state index in [9.17, 15) is 0 Å². The Hall–Kier alpha value is -1.75. The zero-order valence-electron chi connectivity index (χ0n) is 11.5. The Labute approximate surface area is 122 Å². The lowest BCUT2D eigenvalue weighted by Gasteiger charge is -2.09. The fourth-order valence-corrected chi connectivity index (χ4v) is 2.76. The lowest BCUT2D eigenvalue weighted by Crippen LogP contribution is -1.93. The van der Waals surface area contributed by atoms with Crippen molar-refractivity contribution in [3.63, 3.8) is 0 Å². The van der Waals surface area contributed by atoms with Crippen LogP contribution in [0.3, 0.4) is 0 Å². The SMILES string of the molecule is COc1ccc(Sc2ccnc(C3CC3)n2)cc1OC. The smallest absolute Gasteiger partial charge is 0.161 e. The molecule has 1 saturated carbocycles. The Kier molecular flexibility index (Phi) is 3.78. The molecule has 0 amide bonds. The minimum Gasteiger partial charge on any atom is -0.493 e. The molecular formula is C15H16N2O2S. The Balaban J connectivity index is 1.81. The molecule has 5 heteroatoms. The van der Waals surface area contributed by atoms with Gasteiger partial charge < -0.3 is 9.47 Å². The molecule has 0 unspecified atom stereocenters. The van der Waals surface area contributed by atoms with E-state index in [4.69, 9.17) is 9.47 Å². The van der Waals surface area contributed by atoms with Crippen molar-refractivity contribution in [2.45, 2.75) is 28.7 Å². The third-order valence-electron chi connectivity index (χ3n) is 3.17. The molecule has 0 saturated heterocycles. The van der Waals surface area contributed by atoms with Crippen molar-refractivity contribution in [2.75, 3.05) is 14.2 Å². The molecule has 1 heterocycles. The Morgan fingerprint density at radius 3 is 2.60 bits per heavy atom. The number of benzene rings is 1. The molecule has 0 spiro atoms. The summed E-state index contributed by atoms with van der Waals surface area (Å²) in [6.07, 6.45) is 4.26. The second-order valence-corrected chi connectivity index (χ2v) is 5.74. The van der Waals surface area contributed by atoms with Gasteiger partial charge in [-0.25, -0.2) is 9.97 Å². The molecule has 4 nitrogen and oxygen atoms in total. The highest BCUT2D eigenvalue weighted by molar-refractivity contribution is 7.99. The molecule has 0 aliphatic heterocycles. The van der Waals surface area contributed by atoms with Crippen molar-refractivity contribution in [2.24, 2.45) is 0 Å². The number of aromatic nitrogens is 2. The number of hydrogen-bond donors (Lipinski definition) is 0. The van der Waals surface area contributed by atoms with Gasteiger partial charge in [-0.15, -0.1) is 0 Å². The molecule has 104 valence electrons. The summed E-state index contributed by atoms with van der Waals surface area (Å²) in [5.41, 5.74) is 0. The van der Waals surface area contributed by atoms with E-state index in [-0.39, 0.29) is 0 Å². The van der Waals surface area contributed by atoms with Gasteiger partial charge in [-0.2, -0.15) is 0 Å². The van der Waals surface area contributed by atoms with Crippen molar-refractivity contribution >= 4 is 11.8 Å². The van der Waals surface area contributed by atoms with Gasteiger partial charge in [0, 0.05) is 17.0 Å². The van der Waals surface area contributed by atoms with Gasteiger partial charge in [0.15, 0.2) is 11.5 Å². The maximum absolute atomic E-state index is 5.32. The van der Waals surface area contributed by atoms with E-state index < -0.39 is 0 Å². The highest BCUT2D eigenvalue weighted by Crippen LogP contribution is 2.39. The minimum atomic E-state index is 0.570. The lowest BCUT2D eigenvalue weighted by molar-refractivity contribution is 0.354. The lowest BCUT2D eigenvalue weighted by atomic mass is 10.3. The van der Waals surface area contributed by atoms with E-state index in [0.717, 1.165) is 27.2 Å². The van der Waals surface area contributed by atoms with Crippen LogP contribution in [-0.4, -0.2) is 24.2 Å². The fourth-order valence-electron chi connectivity index (χ4n) is 1.95. The predicted octanol–water partition coefficient (Wildman–Crippen LogP) is 3.52. The molecule has 1 aliphatic carbocycles. The van der Waals surface area contributed by atoms with Crippen LogP contribution >= 0.6 is 11.8 Å². The van der Waals surface area contributed by atoms with Gasteiger partial charge in [0.2, 0.25) is 0 Å². The monoisotopic (exact) mass is 288 g/mol. The fraction of sp³-hybridized carbons (Fsp3) is 0.333. The van der Waals surface area contributed by atoms with Crippen LogP contribution in [0.15, 0.2) is 40.4 Å². The molecule has 20 heavy (non-hydrogen) atoms. The van der Waals surface area contributed by atoms with Crippen LogP contribution in [0.1, 0.15) is 24.6 Å². The standard InChI is InChI=1S/C15H16N2O2S/c1-18-12-6-5-11(9-13(12)19-2)20-14-7-8-16-15(17-14)10-3-4-10/h5-10H,3-4H2,1-2H3. The molecule has 3 rings (SSSR count). The highest BCUT2D eigenvalue weighted by atomic mass is 32.2. The van der Waals surface area contributed by atoms with Crippen molar-refractivity contribution in [3.8, 4) is 11.5 Å². The van der Waals surface area contributed by atoms with Gasteiger partial charge >= 0.3 is 0 Å². The minimum absolute atomic E-state index is 0.570. The van der Waals surface area contributed by atoms with Gasteiger partial charge in [-0.1, -0.05) is 11.8 Å². The van der Waals surface area contributed by atoms with E-state index in [1.54, 1.807) is 26.0 Å². The second-order valence-electron chi connectivity index (χ2n) is 4.65. The van der Waals surface area contributed by atoms with Gasteiger partial charge in [-0.3, -0.25) is 0 Å². The first-order chi connectivity index (χ1) is 9.80. The van der Waals surface area contributed by atoms with Gasteiger partial charge in [-0.05, 0) is 37.1 Å². The van der Waals surface area contributed by atoms with Crippen molar-refractivity contribution in [1.29, 1.82) is 0 Å². The maximum atomic E-state index is 5.32. The summed E-state index contributed by atoms with van der Waals surface area (Å²) in [6.45, 7) is 0. The quantitative estimate of drug-likeness (QED) is 0.788. The molecule has 1 aliphatic rings. The number of rotatable bonds is 5. The molecule has 0 bridgehead atoms. The third-order valence-corrected chi connectivity index (χ3v) is 4.09. The third kappa shape index (κ3) is 2.88. The van der Waals surface area contributed by atoms with E-state index in [2.05, 4.69) is 9.97 Å². The summed E-state index contributed by atoms with van der Waals surface area (Å²) < 4.78 is 10.6. The van der Waals surface area contributed by atoms with E-state index >= 15 is 0 Å². The van der Waals surface area contributed by atoms with Crippen LogP contribution in [0.2, 0.25) is 0 Å². The first kappa shape index (κ1) is 13.2. The summed E-state index contributed by atoms with van der Waals surface area (Å²) in [4.78, 5) is 10.0. The average Bonchev–Trinajstić information content (AvgIpc) is 3.32. The van der Waals surface area contributed by atoms with Crippen molar-refractivity contribution in [3.05, 3.63) is 36.3 Å². The summed E-state index contributed by atoms with van der Waals surface area (Å²) in [5.74, 6) is 3.00. The first-order valence-corrected chi connectivity index (χ1v) is 7.34. The van der Waals surface area contributed by atoms with Gasteiger partial charge in [0.1, 0.15) is 10.9 Å². The number of ether oxygens (including phenoxy) is 2. The van der Waals surface area contributed by atoms with Crippen LogP contribution < -0.4 is 9.47 Å². The average molecular weight is 288 g/mol. The van der Waals surface area contributed by atoms with Crippen LogP contribution in [-0.2, 0) is 0 Å². The first-order valence-electron chi connectivity index (χ1n) is 6.53. The zero-order valence-corrected chi connectivity index (χ0v) is 12.3. The molecule has 0 atom stereocenters. The van der Waals surface area contributed by atoms with Crippen LogP contribution in [0.4, 0.5) is 0 Å².